The fourth-order valence-electron chi connectivity index (χ4n) is 0.629. The minimum atomic E-state index is -0.264. The zero-order chi connectivity index (χ0) is 9.61. The lowest BCUT2D eigenvalue weighted by Crippen LogP contribution is -2.45. The fourth-order valence-corrected chi connectivity index (χ4v) is 0.773. The molecule has 0 heterocycles. The summed E-state index contributed by atoms with van der Waals surface area (Å²) >= 11 is 11.0. The Labute approximate surface area is 83.6 Å². The van der Waals surface area contributed by atoms with Crippen LogP contribution in [0.4, 0.5) is 0 Å². The van der Waals surface area contributed by atoms with Crippen molar-refractivity contribution in [2.24, 2.45) is 0 Å². The maximum absolute atomic E-state index is 9.01. The Morgan fingerprint density at radius 2 is 2.25 bits per heavy atom. The van der Waals surface area contributed by atoms with Crippen LogP contribution in [0.3, 0.4) is 0 Å². The molecule has 0 spiro atoms. The predicted molar refractivity (Wildman–Crippen MR) is 53.6 cm³/mol. The highest BCUT2D eigenvalue weighted by molar-refractivity contribution is 6.36. The van der Waals surface area contributed by atoms with Gasteiger partial charge in [-0.2, -0.15) is 0 Å². The van der Waals surface area contributed by atoms with Crippen LogP contribution in [0.1, 0.15) is 20.3 Å². The molecule has 1 unspecified atom stereocenters. The Morgan fingerprint density at radius 1 is 1.67 bits per heavy atom. The van der Waals surface area contributed by atoms with E-state index >= 15 is 0 Å². The van der Waals surface area contributed by atoms with Crippen LogP contribution in [0.25, 0.3) is 0 Å². The van der Waals surface area contributed by atoms with Crippen molar-refractivity contribution in [2.75, 3.05) is 13.2 Å². The van der Waals surface area contributed by atoms with Crippen molar-refractivity contribution in [3.8, 4) is 0 Å². The SMILES string of the molecule is CCC(C)(CO)NCC(Cl)=CCl. The van der Waals surface area contributed by atoms with Gasteiger partial charge in [-0.3, -0.25) is 0 Å². The molecule has 0 aromatic heterocycles. The molecule has 0 bridgehead atoms. The quantitative estimate of drug-likeness (QED) is 0.731. The van der Waals surface area contributed by atoms with Crippen LogP contribution in [0.15, 0.2) is 10.6 Å². The van der Waals surface area contributed by atoms with Gasteiger partial charge >= 0.3 is 0 Å². The molecule has 2 nitrogen and oxygen atoms in total. The minimum absolute atomic E-state index is 0.0932. The first kappa shape index (κ1) is 12.2. The van der Waals surface area contributed by atoms with E-state index in [1.54, 1.807) is 0 Å². The number of halogens is 2. The van der Waals surface area contributed by atoms with Crippen LogP contribution in [0, 0.1) is 0 Å². The van der Waals surface area contributed by atoms with Crippen molar-refractivity contribution in [3.63, 3.8) is 0 Å². The van der Waals surface area contributed by atoms with Crippen LogP contribution in [-0.4, -0.2) is 23.8 Å². The number of aliphatic hydroxyl groups is 1. The minimum Gasteiger partial charge on any atom is -0.394 e. The van der Waals surface area contributed by atoms with E-state index in [9.17, 15) is 0 Å². The Hall–Kier alpha value is 0.240. The second-order valence-corrected chi connectivity index (χ2v) is 3.69. The van der Waals surface area contributed by atoms with E-state index < -0.39 is 0 Å². The van der Waals surface area contributed by atoms with Gasteiger partial charge in [0.1, 0.15) is 0 Å². The third-order valence-corrected chi connectivity index (χ3v) is 2.55. The zero-order valence-corrected chi connectivity index (χ0v) is 8.91. The molecule has 0 saturated carbocycles. The number of nitrogens with one attached hydrogen (secondary N) is 1. The van der Waals surface area contributed by atoms with Crippen LogP contribution in [0.2, 0.25) is 0 Å². The van der Waals surface area contributed by atoms with Crippen LogP contribution < -0.4 is 5.32 Å². The molecule has 0 aliphatic carbocycles. The van der Waals surface area contributed by atoms with Gasteiger partial charge in [0.2, 0.25) is 0 Å². The van der Waals surface area contributed by atoms with Gasteiger partial charge in [0.15, 0.2) is 0 Å². The maximum atomic E-state index is 9.01. The van der Waals surface area contributed by atoms with Gasteiger partial charge in [-0.1, -0.05) is 30.1 Å². The third-order valence-electron chi connectivity index (χ3n) is 1.93. The molecular formula is C8H15Cl2NO. The number of hydrogen-bond acceptors (Lipinski definition) is 2. The standard InChI is InChI=1S/C8H15Cl2NO/c1-3-8(2,6-12)11-5-7(10)4-9/h4,11-12H,3,5-6H2,1-2H3. The van der Waals surface area contributed by atoms with Crippen molar-refractivity contribution < 1.29 is 5.11 Å². The number of hydrogen-bond donors (Lipinski definition) is 2. The predicted octanol–water partition coefficient (Wildman–Crippen LogP) is 2.06. The van der Waals surface area contributed by atoms with E-state index in [2.05, 4.69) is 5.32 Å². The lowest BCUT2D eigenvalue weighted by atomic mass is 10.0. The van der Waals surface area contributed by atoms with E-state index in [0.29, 0.717) is 11.6 Å². The average Bonchev–Trinajstić information content (AvgIpc) is 2.13. The zero-order valence-electron chi connectivity index (χ0n) is 7.40. The Kier molecular flexibility index (Phi) is 5.93. The normalized spacial score (nSPS) is 17.6. The highest BCUT2D eigenvalue weighted by Gasteiger charge is 2.19. The number of rotatable bonds is 5. The van der Waals surface area contributed by atoms with E-state index in [1.165, 1.54) is 5.54 Å². The molecular weight excluding hydrogens is 197 g/mol. The van der Waals surface area contributed by atoms with Crippen molar-refractivity contribution in [1.82, 2.24) is 5.32 Å². The van der Waals surface area contributed by atoms with Crippen molar-refractivity contribution in [1.29, 1.82) is 0 Å². The van der Waals surface area contributed by atoms with E-state index in [4.69, 9.17) is 28.3 Å². The monoisotopic (exact) mass is 211 g/mol. The summed E-state index contributed by atoms with van der Waals surface area (Å²) in [6.07, 6.45) is 0.843. The topological polar surface area (TPSA) is 32.3 Å². The molecule has 12 heavy (non-hydrogen) atoms. The molecule has 2 N–H and O–H groups in total. The second-order valence-electron chi connectivity index (χ2n) is 2.98. The molecule has 4 heteroatoms. The summed E-state index contributed by atoms with van der Waals surface area (Å²) in [6, 6.07) is 0. The van der Waals surface area contributed by atoms with Gasteiger partial charge in [0.05, 0.1) is 6.61 Å². The van der Waals surface area contributed by atoms with E-state index in [-0.39, 0.29) is 12.1 Å². The average molecular weight is 212 g/mol. The summed E-state index contributed by atoms with van der Waals surface area (Å²) in [5.41, 5.74) is 1.06. The first-order valence-electron chi connectivity index (χ1n) is 3.88. The summed E-state index contributed by atoms with van der Waals surface area (Å²) in [5.74, 6) is 0. The maximum Gasteiger partial charge on any atom is 0.0610 e. The summed E-state index contributed by atoms with van der Waals surface area (Å²) in [5, 5.41) is 12.7. The number of aliphatic hydroxyl groups excluding tert-OH is 1. The summed E-state index contributed by atoms with van der Waals surface area (Å²) in [4.78, 5) is 0. The van der Waals surface area contributed by atoms with E-state index in [1.807, 2.05) is 13.8 Å². The van der Waals surface area contributed by atoms with Crippen LogP contribution >= 0.6 is 23.2 Å². The Balaban J connectivity index is 3.89. The summed E-state index contributed by atoms with van der Waals surface area (Å²) < 4.78 is 0. The first-order chi connectivity index (χ1) is 5.58. The van der Waals surface area contributed by atoms with Crippen molar-refractivity contribution in [2.45, 2.75) is 25.8 Å². The summed E-state index contributed by atoms with van der Waals surface area (Å²) in [7, 11) is 0. The van der Waals surface area contributed by atoms with Gasteiger partial charge in [0.25, 0.3) is 0 Å². The molecule has 0 amide bonds. The molecule has 0 aromatic rings. The third kappa shape index (κ3) is 4.31. The highest BCUT2D eigenvalue weighted by atomic mass is 35.5. The molecule has 0 radical (unpaired) electrons. The van der Waals surface area contributed by atoms with Gasteiger partial charge in [-0.25, -0.2) is 0 Å². The molecule has 1 atom stereocenters. The van der Waals surface area contributed by atoms with E-state index in [0.717, 1.165) is 6.42 Å². The smallest absolute Gasteiger partial charge is 0.0610 e. The molecule has 0 rings (SSSR count). The first-order valence-corrected chi connectivity index (χ1v) is 4.70. The van der Waals surface area contributed by atoms with Gasteiger partial charge in [-0.15, -0.1) is 0 Å². The molecule has 0 aliphatic heterocycles. The lowest BCUT2D eigenvalue weighted by molar-refractivity contribution is 0.174. The van der Waals surface area contributed by atoms with Crippen LogP contribution in [-0.2, 0) is 0 Å². The van der Waals surface area contributed by atoms with Gasteiger partial charge in [-0.05, 0) is 13.3 Å². The summed E-state index contributed by atoms with van der Waals surface area (Å²) in [6.45, 7) is 4.53. The van der Waals surface area contributed by atoms with Gasteiger partial charge < -0.3 is 10.4 Å². The highest BCUT2D eigenvalue weighted by Crippen LogP contribution is 2.09. The molecule has 0 saturated heterocycles. The largest absolute Gasteiger partial charge is 0.394 e. The lowest BCUT2D eigenvalue weighted by Gasteiger charge is -2.27. The molecule has 0 aliphatic rings. The molecule has 0 fully saturated rings. The fraction of sp³-hybridized carbons (Fsp3) is 0.750. The Bertz CT molecular complexity index is 155. The Morgan fingerprint density at radius 3 is 2.58 bits per heavy atom. The molecule has 0 aromatic carbocycles. The molecule has 72 valence electrons. The van der Waals surface area contributed by atoms with Gasteiger partial charge in [0, 0.05) is 22.7 Å². The van der Waals surface area contributed by atoms with Crippen molar-refractivity contribution >= 4 is 23.2 Å². The second kappa shape index (κ2) is 5.81. The van der Waals surface area contributed by atoms with Crippen LogP contribution in [0.5, 0.6) is 0 Å². The van der Waals surface area contributed by atoms with Crippen molar-refractivity contribution in [3.05, 3.63) is 10.6 Å².